The van der Waals surface area contributed by atoms with Crippen molar-refractivity contribution in [2.24, 2.45) is 0 Å². The van der Waals surface area contributed by atoms with Gasteiger partial charge in [0, 0.05) is 26.9 Å². The molecule has 0 atom stereocenters. The molecule has 3 aromatic rings. The van der Waals surface area contributed by atoms with Crippen molar-refractivity contribution in [3.05, 3.63) is 86.7 Å². The lowest BCUT2D eigenvalue weighted by Crippen LogP contribution is -2.20. The van der Waals surface area contributed by atoms with Crippen molar-refractivity contribution in [1.29, 1.82) is 0 Å². The van der Waals surface area contributed by atoms with Crippen molar-refractivity contribution in [2.75, 3.05) is 4.90 Å². The van der Waals surface area contributed by atoms with E-state index in [1.807, 2.05) is 41.3 Å². The number of carbonyl (C=O) groups is 2. The predicted octanol–water partition coefficient (Wildman–Crippen LogP) is 6.85. The lowest BCUT2D eigenvalue weighted by atomic mass is 10.1. The van der Waals surface area contributed by atoms with Crippen LogP contribution >= 0.6 is 39.5 Å². The summed E-state index contributed by atoms with van der Waals surface area (Å²) in [6.45, 7) is 0.282. The van der Waals surface area contributed by atoms with Gasteiger partial charge in [0.1, 0.15) is 11.6 Å². The second-order valence-corrected chi connectivity index (χ2v) is 10.2. The number of fused-ring (bicyclic) bond motifs is 2. The van der Waals surface area contributed by atoms with Crippen LogP contribution < -0.4 is 10.2 Å². The van der Waals surface area contributed by atoms with Gasteiger partial charge >= 0.3 is 0 Å². The fraction of sp³-hybridized carbons (Fsp3) is 0.0435. The highest BCUT2D eigenvalue weighted by molar-refractivity contribution is 9.10. The standard InChI is InChI=1S/C23H13BrF2N2O2S2/c24-14-2-4-18-20(9-14)31-19-7-12(8-21-22(29)27-23(30)32-21)1-3-17(19)28(18)11-13-5-15(25)10-16(26)6-13/h1-10H,11H2,(H,27,29,30)/b21-8-. The monoisotopic (exact) mass is 530 g/mol. The number of halogens is 3. The topological polar surface area (TPSA) is 49.4 Å². The van der Waals surface area contributed by atoms with Crippen LogP contribution in [0.2, 0.25) is 0 Å². The third kappa shape index (κ3) is 4.20. The van der Waals surface area contributed by atoms with Crippen molar-refractivity contribution in [3.63, 3.8) is 0 Å². The summed E-state index contributed by atoms with van der Waals surface area (Å²) in [5.74, 6) is -1.65. The Morgan fingerprint density at radius 3 is 2.28 bits per heavy atom. The molecule has 0 saturated carbocycles. The molecule has 0 spiro atoms. The van der Waals surface area contributed by atoms with Crippen molar-refractivity contribution >= 4 is 68.1 Å². The molecule has 5 rings (SSSR count). The molecule has 9 heteroatoms. The Kier molecular flexibility index (Phi) is 5.56. The van der Waals surface area contributed by atoms with E-state index < -0.39 is 17.5 Å². The van der Waals surface area contributed by atoms with Gasteiger partial charge < -0.3 is 4.90 Å². The summed E-state index contributed by atoms with van der Waals surface area (Å²) in [7, 11) is 0. The minimum absolute atomic E-state index is 0.282. The number of rotatable bonds is 3. The zero-order valence-corrected chi connectivity index (χ0v) is 19.4. The fourth-order valence-corrected chi connectivity index (χ4v) is 5.97. The number of anilines is 2. The maximum Gasteiger partial charge on any atom is 0.290 e. The first kappa shape index (κ1) is 21.2. The molecule has 32 heavy (non-hydrogen) atoms. The number of nitrogens with one attached hydrogen (secondary N) is 1. The van der Waals surface area contributed by atoms with Crippen molar-refractivity contribution in [1.82, 2.24) is 5.32 Å². The zero-order chi connectivity index (χ0) is 22.4. The van der Waals surface area contributed by atoms with Crippen LogP contribution in [0.5, 0.6) is 0 Å². The number of benzene rings is 3. The Labute approximate surface area is 199 Å². The van der Waals surface area contributed by atoms with Gasteiger partial charge in [0.05, 0.1) is 16.3 Å². The molecule has 0 bridgehead atoms. The minimum atomic E-state index is -0.619. The highest BCUT2D eigenvalue weighted by atomic mass is 79.9. The Morgan fingerprint density at radius 2 is 1.59 bits per heavy atom. The molecule has 1 saturated heterocycles. The molecule has 0 aliphatic carbocycles. The van der Waals surface area contributed by atoms with E-state index in [2.05, 4.69) is 21.2 Å². The molecule has 2 heterocycles. The Balaban J connectivity index is 1.57. The quantitative estimate of drug-likeness (QED) is 0.375. The van der Waals surface area contributed by atoms with Crippen LogP contribution in [0.1, 0.15) is 11.1 Å². The van der Waals surface area contributed by atoms with Gasteiger partial charge in [0.15, 0.2) is 0 Å². The summed E-state index contributed by atoms with van der Waals surface area (Å²) in [6.07, 6.45) is 1.68. The minimum Gasteiger partial charge on any atom is -0.335 e. The third-order valence-corrected chi connectivity index (χ3v) is 7.31. The second kappa shape index (κ2) is 8.38. The molecule has 0 aromatic heterocycles. The first-order chi connectivity index (χ1) is 15.4. The van der Waals surface area contributed by atoms with E-state index in [9.17, 15) is 18.4 Å². The zero-order valence-electron chi connectivity index (χ0n) is 16.2. The molecule has 4 nitrogen and oxygen atoms in total. The van der Waals surface area contributed by atoms with E-state index in [-0.39, 0.29) is 11.8 Å². The third-order valence-electron chi connectivity index (χ3n) is 4.91. The van der Waals surface area contributed by atoms with Gasteiger partial charge in [0.25, 0.3) is 11.1 Å². The van der Waals surface area contributed by atoms with Gasteiger partial charge in [-0.05, 0) is 71.4 Å². The molecule has 3 aromatic carbocycles. The molecule has 0 unspecified atom stereocenters. The smallest absolute Gasteiger partial charge is 0.290 e. The number of hydrogen-bond acceptors (Lipinski definition) is 5. The Morgan fingerprint density at radius 1 is 0.906 bits per heavy atom. The number of nitrogens with zero attached hydrogens (tertiary/aromatic N) is 1. The molecule has 1 fully saturated rings. The van der Waals surface area contributed by atoms with E-state index in [1.165, 1.54) is 12.1 Å². The van der Waals surface area contributed by atoms with Gasteiger partial charge in [0.2, 0.25) is 0 Å². The van der Waals surface area contributed by atoms with Crippen LogP contribution in [0.4, 0.5) is 25.0 Å². The molecule has 1 N–H and O–H groups in total. The highest BCUT2D eigenvalue weighted by Crippen LogP contribution is 2.50. The number of thioether (sulfide) groups is 1. The normalized spacial score (nSPS) is 16.2. The highest BCUT2D eigenvalue weighted by Gasteiger charge is 2.27. The van der Waals surface area contributed by atoms with Crippen molar-refractivity contribution in [2.45, 2.75) is 16.3 Å². The molecule has 160 valence electrons. The maximum absolute atomic E-state index is 13.8. The summed E-state index contributed by atoms with van der Waals surface area (Å²) in [5, 5.41) is 1.86. The molecule has 2 aliphatic heterocycles. The van der Waals surface area contributed by atoms with E-state index >= 15 is 0 Å². The largest absolute Gasteiger partial charge is 0.335 e. The first-order valence-corrected chi connectivity index (χ1v) is 11.9. The summed E-state index contributed by atoms with van der Waals surface area (Å²) in [4.78, 5) is 27.6. The van der Waals surface area contributed by atoms with Crippen LogP contribution in [-0.4, -0.2) is 11.1 Å². The number of hydrogen-bond donors (Lipinski definition) is 1. The van der Waals surface area contributed by atoms with Gasteiger partial charge in [-0.25, -0.2) is 8.78 Å². The number of carbonyl (C=O) groups excluding carboxylic acids is 2. The van der Waals surface area contributed by atoms with Crippen molar-refractivity contribution < 1.29 is 18.4 Å². The van der Waals surface area contributed by atoms with Crippen LogP contribution in [0.3, 0.4) is 0 Å². The number of amides is 2. The maximum atomic E-state index is 13.8. The SMILES string of the molecule is O=C1NC(=O)/C(=C/c2ccc3c(c2)Sc2cc(Br)ccc2N3Cc2cc(F)cc(F)c2)S1. The predicted molar refractivity (Wildman–Crippen MR) is 126 cm³/mol. The molecule has 2 aliphatic rings. The van der Waals surface area contributed by atoms with E-state index in [4.69, 9.17) is 0 Å². The summed E-state index contributed by atoms with van der Waals surface area (Å²) < 4.78 is 28.5. The van der Waals surface area contributed by atoms with Gasteiger partial charge in [-0.15, -0.1) is 0 Å². The van der Waals surface area contributed by atoms with Crippen molar-refractivity contribution in [3.8, 4) is 0 Å². The van der Waals surface area contributed by atoms with E-state index in [0.29, 0.717) is 10.5 Å². The first-order valence-electron chi connectivity index (χ1n) is 9.44. The van der Waals surface area contributed by atoms with E-state index in [0.717, 1.165) is 49.0 Å². The number of imide groups is 1. The summed E-state index contributed by atoms with van der Waals surface area (Å²) in [5.41, 5.74) is 3.10. The summed E-state index contributed by atoms with van der Waals surface area (Å²) >= 11 is 5.94. The lowest BCUT2D eigenvalue weighted by molar-refractivity contribution is -0.115. The lowest BCUT2D eigenvalue weighted by Gasteiger charge is -2.33. The van der Waals surface area contributed by atoms with Gasteiger partial charge in [-0.1, -0.05) is 33.8 Å². The fourth-order valence-electron chi connectivity index (χ4n) is 3.59. The van der Waals surface area contributed by atoms with Crippen LogP contribution in [0, 0.1) is 11.6 Å². The summed E-state index contributed by atoms with van der Waals surface area (Å²) in [6, 6.07) is 15.1. The van der Waals surface area contributed by atoms with Crippen LogP contribution in [0.25, 0.3) is 6.08 Å². The molecule has 2 amide bonds. The van der Waals surface area contributed by atoms with Crippen LogP contribution in [0.15, 0.2) is 73.8 Å². The van der Waals surface area contributed by atoms with Crippen LogP contribution in [-0.2, 0) is 11.3 Å². The Bertz CT molecular complexity index is 1310. The Hall–Kier alpha value is -2.62. The average molecular weight is 531 g/mol. The second-order valence-electron chi connectivity index (χ2n) is 7.16. The molecular weight excluding hydrogens is 518 g/mol. The van der Waals surface area contributed by atoms with E-state index in [1.54, 1.807) is 17.8 Å². The van der Waals surface area contributed by atoms with Gasteiger partial charge in [-0.3, -0.25) is 14.9 Å². The molecular formula is C23H13BrF2N2O2S2. The molecule has 0 radical (unpaired) electrons. The van der Waals surface area contributed by atoms with Gasteiger partial charge in [-0.2, -0.15) is 0 Å². The average Bonchev–Trinajstić information content (AvgIpc) is 3.03.